The second-order valence-electron chi connectivity index (χ2n) is 4.27. The van der Waals surface area contributed by atoms with Gasteiger partial charge in [-0.25, -0.2) is 0 Å². The molecule has 0 aliphatic carbocycles. The Bertz CT molecular complexity index is 169. The number of ether oxygens (including phenoxy) is 1. The minimum absolute atomic E-state index is 0.462. The van der Waals surface area contributed by atoms with Crippen LogP contribution < -0.4 is 5.32 Å². The van der Waals surface area contributed by atoms with Gasteiger partial charge in [-0.1, -0.05) is 0 Å². The van der Waals surface area contributed by atoms with Crippen LogP contribution in [0.2, 0.25) is 0 Å². The van der Waals surface area contributed by atoms with Crippen LogP contribution in [0.5, 0.6) is 0 Å². The topological polar surface area (TPSA) is 24.5 Å². The van der Waals surface area contributed by atoms with Crippen molar-refractivity contribution in [3.8, 4) is 0 Å². The highest BCUT2D eigenvalue weighted by atomic mass is 32.2. The number of methoxy groups -OCH3 is 1. The Labute approximate surface area is 97.9 Å². The standard InChI is InChI=1S/C11H24N2OS/c1-10(8-14-3)12-4-5-13-6-7-15-9-11(13)2/h10-12H,4-9H2,1-3H3. The van der Waals surface area contributed by atoms with E-state index in [1.54, 1.807) is 7.11 Å². The zero-order valence-corrected chi connectivity index (χ0v) is 11.0. The third kappa shape index (κ3) is 5.20. The predicted molar refractivity (Wildman–Crippen MR) is 67.7 cm³/mol. The van der Waals surface area contributed by atoms with E-state index >= 15 is 0 Å². The fourth-order valence-electron chi connectivity index (χ4n) is 1.86. The molecule has 1 saturated heterocycles. The van der Waals surface area contributed by atoms with E-state index in [0.29, 0.717) is 6.04 Å². The van der Waals surface area contributed by atoms with Crippen LogP contribution in [0, 0.1) is 0 Å². The second-order valence-corrected chi connectivity index (χ2v) is 5.42. The molecule has 1 fully saturated rings. The summed E-state index contributed by atoms with van der Waals surface area (Å²) in [6.45, 7) is 8.76. The molecule has 4 heteroatoms. The van der Waals surface area contributed by atoms with Crippen molar-refractivity contribution in [2.45, 2.75) is 25.9 Å². The number of thioether (sulfide) groups is 1. The van der Waals surface area contributed by atoms with Crippen molar-refractivity contribution in [1.82, 2.24) is 10.2 Å². The lowest BCUT2D eigenvalue weighted by Crippen LogP contribution is -2.45. The second kappa shape index (κ2) is 7.49. The molecular formula is C11H24N2OS. The molecule has 0 amide bonds. The zero-order chi connectivity index (χ0) is 11.1. The van der Waals surface area contributed by atoms with Crippen molar-refractivity contribution in [2.75, 3.05) is 44.9 Å². The fraction of sp³-hybridized carbons (Fsp3) is 1.00. The van der Waals surface area contributed by atoms with Gasteiger partial charge in [-0.2, -0.15) is 11.8 Å². The van der Waals surface area contributed by atoms with Crippen LogP contribution in [0.1, 0.15) is 13.8 Å². The maximum Gasteiger partial charge on any atom is 0.0613 e. The maximum atomic E-state index is 5.09. The summed E-state index contributed by atoms with van der Waals surface area (Å²) in [5.41, 5.74) is 0. The summed E-state index contributed by atoms with van der Waals surface area (Å²) >= 11 is 2.07. The molecule has 0 bridgehead atoms. The van der Waals surface area contributed by atoms with Crippen molar-refractivity contribution >= 4 is 11.8 Å². The molecule has 1 aliphatic heterocycles. The van der Waals surface area contributed by atoms with Gasteiger partial charge in [-0.3, -0.25) is 4.90 Å². The van der Waals surface area contributed by atoms with Gasteiger partial charge in [0.15, 0.2) is 0 Å². The zero-order valence-electron chi connectivity index (χ0n) is 10.2. The highest BCUT2D eigenvalue weighted by Gasteiger charge is 2.17. The number of nitrogens with zero attached hydrogens (tertiary/aromatic N) is 1. The third-order valence-electron chi connectivity index (χ3n) is 2.81. The van der Waals surface area contributed by atoms with Gasteiger partial charge < -0.3 is 10.1 Å². The van der Waals surface area contributed by atoms with Crippen LogP contribution in [0.25, 0.3) is 0 Å². The molecule has 0 aromatic carbocycles. The summed E-state index contributed by atoms with van der Waals surface area (Å²) in [5, 5.41) is 3.48. The Morgan fingerprint density at radius 1 is 1.60 bits per heavy atom. The molecule has 0 aromatic rings. The molecule has 1 N–H and O–H groups in total. The smallest absolute Gasteiger partial charge is 0.0613 e. The Hall–Kier alpha value is 0.230. The first-order chi connectivity index (χ1) is 7.24. The van der Waals surface area contributed by atoms with E-state index in [2.05, 4.69) is 35.8 Å². The molecule has 0 aromatic heterocycles. The van der Waals surface area contributed by atoms with Crippen LogP contribution >= 0.6 is 11.8 Å². The molecule has 0 radical (unpaired) electrons. The van der Waals surface area contributed by atoms with Gasteiger partial charge in [0.05, 0.1) is 6.61 Å². The average molecular weight is 232 g/mol. The van der Waals surface area contributed by atoms with E-state index in [1.807, 2.05) is 0 Å². The highest BCUT2D eigenvalue weighted by Crippen LogP contribution is 2.14. The van der Waals surface area contributed by atoms with E-state index in [0.717, 1.165) is 25.7 Å². The largest absolute Gasteiger partial charge is 0.383 e. The quantitative estimate of drug-likeness (QED) is 0.740. The van der Waals surface area contributed by atoms with Gasteiger partial charge in [-0.05, 0) is 13.8 Å². The van der Waals surface area contributed by atoms with Crippen molar-refractivity contribution in [1.29, 1.82) is 0 Å². The minimum atomic E-state index is 0.462. The molecule has 90 valence electrons. The van der Waals surface area contributed by atoms with E-state index in [1.165, 1.54) is 18.1 Å². The van der Waals surface area contributed by atoms with Crippen LogP contribution in [-0.2, 0) is 4.74 Å². The molecule has 2 unspecified atom stereocenters. The maximum absolute atomic E-state index is 5.09. The van der Waals surface area contributed by atoms with Crippen LogP contribution in [-0.4, -0.2) is 61.8 Å². The van der Waals surface area contributed by atoms with Gasteiger partial charge in [0.1, 0.15) is 0 Å². The summed E-state index contributed by atoms with van der Waals surface area (Å²) in [6.07, 6.45) is 0. The van der Waals surface area contributed by atoms with E-state index in [4.69, 9.17) is 4.74 Å². The van der Waals surface area contributed by atoms with Crippen LogP contribution in [0.3, 0.4) is 0 Å². The summed E-state index contributed by atoms with van der Waals surface area (Å²) in [7, 11) is 1.75. The van der Waals surface area contributed by atoms with Gasteiger partial charge in [0.2, 0.25) is 0 Å². The third-order valence-corrected chi connectivity index (χ3v) is 4.00. The lowest BCUT2D eigenvalue weighted by Gasteiger charge is -2.33. The summed E-state index contributed by atoms with van der Waals surface area (Å²) in [4.78, 5) is 2.57. The highest BCUT2D eigenvalue weighted by molar-refractivity contribution is 7.99. The summed E-state index contributed by atoms with van der Waals surface area (Å²) < 4.78 is 5.09. The number of hydrogen-bond donors (Lipinski definition) is 1. The number of nitrogens with one attached hydrogen (secondary N) is 1. The van der Waals surface area contributed by atoms with Crippen LogP contribution in [0.15, 0.2) is 0 Å². The minimum Gasteiger partial charge on any atom is -0.383 e. The Kier molecular flexibility index (Phi) is 6.64. The first-order valence-corrected chi connectivity index (χ1v) is 6.93. The summed E-state index contributed by atoms with van der Waals surface area (Å²) in [5.74, 6) is 2.57. The van der Waals surface area contributed by atoms with Crippen molar-refractivity contribution in [3.05, 3.63) is 0 Å². The average Bonchev–Trinajstić information content (AvgIpc) is 2.21. The van der Waals surface area contributed by atoms with Crippen molar-refractivity contribution in [2.24, 2.45) is 0 Å². The van der Waals surface area contributed by atoms with Gasteiger partial charge in [-0.15, -0.1) is 0 Å². The van der Waals surface area contributed by atoms with Gasteiger partial charge >= 0.3 is 0 Å². The monoisotopic (exact) mass is 232 g/mol. The molecular weight excluding hydrogens is 208 g/mol. The number of hydrogen-bond acceptors (Lipinski definition) is 4. The van der Waals surface area contributed by atoms with Crippen molar-refractivity contribution in [3.63, 3.8) is 0 Å². The van der Waals surface area contributed by atoms with E-state index in [9.17, 15) is 0 Å². The molecule has 15 heavy (non-hydrogen) atoms. The van der Waals surface area contributed by atoms with Crippen molar-refractivity contribution < 1.29 is 4.74 Å². The first kappa shape index (κ1) is 13.3. The molecule has 1 heterocycles. The molecule has 0 saturated carbocycles. The Morgan fingerprint density at radius 3 is 3.07 bits per heavy atom. The summed E-state index contributed by atoms with van der Waals surface area (Å²) in [6, 6.07) is 1.20. The lowest BCUT2D eigenvalue weighted by molar-refractivity contribution is 0.166. The van der Waals surface area contributed by atoms with E-state index in [-0.39, 0.29) is 0 Å². The number of rotatable bonds is 6. The van der Waals surface area contributed by atoms with Gasteiger partial charge in [0.25, 0.3) is 0 Å². The normalized spacial score (nSPS) is 25.4. The Morgan fingerprint density at radius 2 is 2.40 bits per heavy atom. The molecule has 1 rings (SSSR count). The fourth-order valence-corrected chi connectivity index (χ4v) is 2.94. The predicted octanol–water partition coefficient (Wildman–Crippen LogP) is 1.05. The Balaban J connectivity index is 2.08. The molecule has 3 nitrogen and oxygen atoms in total. The molecule has 2 atom stereocenters. The first-order valence-electron chi connectivity index (χ1n) is 5.78. The van der Waals surface area contributed by atoms with Crippen LogP contribution in [0.4, 0.5) is 0 Å². The lowest BCUT2D eigenvalue weighted by atomic mass is 10.3. The molecule has 0 spiro atoms. The van der Waals surface area contributed by atoms with Gasteiger partial charge in [0, 0.05) is 50.3 Å². The van der Waals surface area contributed by atoms with E-state index < -0.39 is 0 Å². The SMILES string of the molecule is COCC(C)NCCN1CCSCC1C. The molecule has 1 aliphatic rings.